The number of aryl methyl sites for hydroxylation is 1. The van der Waals surface area contributed by atoms with Crippen molar-refractivity contribution in [1.29, 1.82) is 0 Å². The maximum absolute atomic E-state index is 12.1. The van der Waals surface area contributed by atoms with Crippen molar-refractivity contribution in [2.24, 2.45) is 0 Å². The summed E-state index contributed by atoms with van der Waals surface area (Å²) in [4.78, 5) is 16.2. The van der Waals surface area contributed by atoms with Crippen molar-refractivity contribution in [2.45, 2.75) is 6.92 Å². The quantitative estimate of drug-likeness (QED) is 0.815. The van der Waals surface area contributed by atoms with Gasteiger partial charge in [0, 0.05) is 46.3 Å². The van der Waals surface area contributed by atoms with Gasteiger partial charge in [-0.15, -0.1) is 0 Å². The molecule has 1 saturated heterocycles. The van der Waals surface area contributed by atoms with Crippen LogP contribution in [0.3, 0.4) is 0 Å². The molecule has 0 spiro atoms. The number of carbonyl (C=O) groups excluding carboxylic acids is 1. The minimum absolute atomic E-state index is 0.0242. The lowest BCUT2D eigenvalue weighted by Gasteiger charge is -2.29. The second-order valence-corrected chi connectivity index (χ2v) is 4.61. The Bertz CT molecular complexity index is 399. The van der Waals surface area contributed by atoms with E-state index in [-0.39, 0.29) is 5.91 Å². The van der Waals surface area contributed by atoms with Crippen LogP contribution >= 0.6 is 0 Å². The third-order valence-corrected chi connectivity index (χ3v) is 3.29. The van der Waals surface area contributed by atoms with E-state index in [2.05, 4.69) is 15.4 Å². The van der Waals surface area contributed by atoms with Gasteiger partial charge in [-0.3, -0.25) is 9.69 Å². The third kappa shape index (κ3) is 3.08. The van der Waals surface area contributed by atoms with Gasteiger partial charge in [0.15, 0.2) is 0 Å². The van der Waals surface area contributed by atoms with E-state index >= 15 is 0 Å². The van der Waals surface area contributed by atoms with E-state index in [0.29, 0.717) is 11.3 Å². The van der Waals surface area contributed by atoms with E-state index in [4.69, 9.17) is 4.52 Å². The lowest BCUT2D eigenvalue weighted by molar-refractivity contribution is 0.0773. The largest absolute Gasteiger partial charge is 0.361 e. The van der Waals surface area contributed by atoms with E-state index in [0.717, 1.165) is 39.3 Å². The van der Waals surface area contributed by atoms with E-state index in [9.17, 15) is 4.79 Å². The number of likely N-dealkylation sites (N-methyl/N-ethyl adjacent to an activating group) is 1. The van der Waals surface area contributed by atoms with Crippen molar-refractivity contribution in [3.8, 4) is 0 Å². The topological polar surface area (TPSA) is 61.6 Å². The van der Waals surface area contributed by atoms with E-state index < -0.39 is 0 Å². The summed E-state index contributed by atoms with van der Waals surface area (Å²) in [5.74, 6) is 0.554. The van der Waals surface area contributed by atoms with Crippen LogP contribution in [-0.4, -0.2) is 67.2 Å². The Labute approximate surface area is 107 Å². The first-order valence-electron chi connectivity index (χ1n) is 6.28. The molecule has 6 heteroatoms. The minimum Gasteiger partial charge on any atom is -0.361 e. The number of rotatable bonds is 4. The highest BCUT2D eigenvalue weighted by molar-refractivity contribution is 5.94. The van der Waals surface area contributed by atoms with Gasteiger partial charge >= 0.3 is 0 Å². The van der Waals surface area contributed by atoms with Crippen molar-refractivity contribution >= 4 is 5.91 Å². The molecule has 0 unspecified atom stereocenters. The molecule has 0 radical (unpaired) electrons. The van der Waals surface area contributed by atoms with Crippen molar-refractivity contribution in [2.75, 3.05) is 46.3 Å². The molecule has 1 aromatic heterocycles. The van der Waals surface area contributed by atoms with Crippen molar-refractivity contribution < 1.29 is 9.32 Å². The summed E-state index contributed by atoms with van der Waals surface area (Å²) in [5.41, 5.74) is 0.554. The second kappa shape index (κ2) is 5.97. The summed E-state index contributed by atoms with van der Waals surface area (Å²) in [7, 11) is 1.82. The monoisotopic (exact) mass is 252 g/mol. The predicted octanol–water partition coefficient (Wildman–Crippen LogP) is -0.0398. The van der Waals surface area contributed by atoms with Gasteiger partial charge in [0.05, 0.1) is 6.20 Å². The molecule has 0 bridgehead atoms. The molecule has 0 aliphatic carbocycles. The van der Waals surface area contributed by atoms with Gasteiger partial charge in [-0.1, -0.05) is 5.16 Å². The molecule has 100 valence electrons. The number of hydrogen-bond donors (Lipinski definition) is 1. The fraction of sp³-hybridized carbons (Fsp3) is 0.667. The van der Waals surface area contributed by atoms with Crippen LogP contribution in [0.5, 0.6) is 0 Å². The molecule has 0 saturated carbocycles. The van der Waals surface area contributed by atoms with Gasteiger partial charge < -0.3 is 14.7 Å². The number of carbonyl (C=O) groups is 1. The van der Waals surface area contributed by atoms with Crippen LogP contribution in [0.2, 0.25) is 0 Å². The van der Waals surface area contributed by atoms with Crippen LogP contribution in [0, 0.1) is 6.92 Å². The van der Waals surface area contributed by atoms with Crippen LogP contribution in [-0.2, 0) is 0 Å². The first kappa shape index (κ1) is 13.0. The minimum atomic E-state index is -0.0242. The molecule has 1 amide bonds. The molecule has 1 fully saturated rings. The standard InChI is InChI=1S/C12H20N4O2/c1-10-11(9-14-18-10)12(17)15(2)7-8-16-5-3-13-4-6-16/h9,13H,3-8H2,1-2H3. The van der Waals surface area contributed by atoms with E-state index in [1.165, 1.54) is 6.20 Å². The number of aromatic nitrogens is 1. The number of hydrogen-bond acceptors (Lipinski definition) is 5. The lowest BCUT2D eigenvalue weighted by Crippen LogP contribution is -2.46. The second-order valence-electron chi connectivity index (χ2n) is 4.61. The Morgan fingerprint density at radius 3 is 2.89 bits per heavy atom. The maximum Gasteiger partial charge on any atom is 0.258 e. The average Bonchev–Trinajstić information content (AvgIpc) is 2.82. The summed E-state index contributed by atoms with van der Waals surface area (Å²) in [6.45, 7) is 7.55. The summed E-state index contributed by atoms with van der Waals surface area (Å²) in [6, 6.07) is 0. The molecule has 1 aliphatic heterocycles. The molecule has 1 aliphatic rings. The van der Waals surface area contributed by atoms with Crippen molar-refractivity contribution in [3.05, 3.63) is 17.5 Å². The normalized spacial score (nSPS) is 16.8. The summed E-state index contributed by atoms with van der Waals surface area (Å²) in [5, 5.41) is 6.95. The molecule has 18 heavy (non-hydrogen) atoms. The SMILES string of the molecule is Cc1oncc1C(=O)N(C)CCN1CCNCC1. The smallest absolute Gasteiger partial charge is 0.258 e. The van der Waals surface area contributed by atoms with Gasteiger partial charge in [0.2, 0.25) is 0 Å². The summed E-state index contributed by atoms with van der Waals surface area (Å²) < 4.78 is 4.91. The zero-order valence-corrected chi connectivity index (χ0v) is 11.0. The Morgan fingerprint density at radius 1 is 1.56 bits per heavy atom. The van der Waals surface area contributed by atoms with Gasteiger partial charge in [-0.25, -0.2) is 0 Å². The van der Waals surface area contributed by atoms with E-state index in [1.807, 2.05) is 7.05 Å². The molecule has 2 rings (SSSR count). The third-order valence-electron chi connectivity index (χ3n) is 3.29. The predicted molar refractivity (Wildman–Crippen MR) is 67.5 cm³/mol. The molecule has 1 aromatic rings. The molecule has 6 nitrogen and oxygen atoms in total. The highest BCUT2D eigenvalue weighted by Crippen LogP contribution is 2.08. The number of nitrogens with zero attached hydrogens (tertiary/aromatic N) is 3. The number of nitrogens with one attached hydrogen (secondary N) is 1. The Kier molecular flexibility index (Phi) is 4.33. The fourth-order valence-corrected chi connectivity index (χ4v) is 2.04. The van der Waals surface area contributed by atoms with Crippen LogP contribution in [0.4, 0.5) is 0 Å². The zero-order valence-electron chi connectivity index (χ0n) is 11.0. The van der Waals surface area contributed by atoms with E-state index in [1.54, 1.807) is 11.8 Å². The number of piperazine rings is 1. The van der Waals surface area contributed by atoms with Crippen LogP contribution in [0.15, 0.2) is 10.7 Å². The Hall–Kier alpha value is -1.40. The highest BCUT2D eigenvalue weighted by Gasteiger charge is 2.18. The molecule has 2 heterocycles. The lowest BCUT2D eigenvalue weighted by atomic mass is 10.2. The molecule has 0 atom stereocenters. The average molecular weight is 252 g/mol. The zero-order chi connectivity index (χ0) is 13.0. The molecule has 0 aromatic carbocycles. The van der Waals surface area contributed by atoms with Crippen LogP contribution in [0.1, 0.15) is 16.1 Å². The first-order chi connectivity index (χ1) is 8.68. The Morgan fingerprint density at radius 2 is 2.28 bits per heavy atom. The molecular formula is C12H20N4O2. The summed E-state index contributed by atoms with van der Waals surface area (Å²) in [6.07, 6.45) is 1.49. The van der Waals surface area contributed by atoms with Gasteiger partial charge in [0.25, 0.3) is 5.91 Å². The summed E-state index contributed by atoms with van der Waals surface area (Å²) >= 11 is 0. The molecule has 1 N–H and O–H groups in total. The van der Waals surface area contributed by atoms with Gasteiger partial charge in [-0.05, 0) is 6.92 Å². The van der Waals surface area contributed by atoms with Gasteiger partial charge in [0.1, 0.15) is 11.3 Å². The molecular weight excluding hydrogens is 232 g/mol. The van der Waals surface area contributed by atoms with Crippen LogP contribution in [0.25, 0.3) is 0 Å². The van der Waals surface area contributed by atoms with Crippen molar-refractivity contribution in [3.63, 3.8) is 0 Å². The number of amides is 1. The van der Waals surface area contributed by atoms with Crippen molar-refractivity contribution in [1.82, 2.24) is 20.3 Å². The van der Waals surface area contributed by atoms with Crippen LogP contribution < -0.4 is 5.32 Å². The van der Waals surface area contributed by atoms with Gasteiger partial charge in [-0.2, -0.15) is 0 Å². The first-order valence-corrected chi connectivity index (χ1v) is 6.28. The Balaban J connectivity index is 1.82. The fourth-order valence-electron chi connectivity index (χ4n) is 2.04. The maximum atomic E-state index is 12.1. The highest BCUT2D eigenvalue weighted by atomic mass is 16.5.